The second-order valence-corrected chi connectivity index (χ2v) is 4.93. The Morgan fingerprint density at radius 2 is 1.71 bits per heavy atom. The van der Waals surface area contributed by atoms with Crippen LogP contribution in [0.15, 0.2) is 17.0 Å². The third-order valence-electron chi connectivity index (χ3n) is 2.29. The van der Waals surface area contributed by atoms with Gasteiger partial charge in [0.05, 0.1) is 19.1 Å². The predicted molar refractivity (Wildman–Crippen MR) is 63.7 cm³/mol. The summed E-state index contributed by atoms with van der Waals surface area (Å²) in [5.41, 5.74) is 5.95. The lowest BCUT2D eigenvalue weighted by Gasteiger charge is -2.13. The van der Waals surface area contributed by atoms with E-state index in [1.165, 1.54) is 20.3 Å². The van der Waals surface area contributed by atoms with Gasteiger partial charge in [-0.05, 0) is 24.6 Å². The van der Waals surface area contributed by atoms with E-state index in [0.717, 1.165) is 0 Å². The number of sulfonamides is 1. The van der Waals surface area contributed by atoms with Gasteiger partial charge in [-0.2, -0.15) is 0 Å². The van der Waals surface area contributed by atoms with Crippen molar-refractivity contribution < 1.29 is 17.9 Å². The first-order chi connectivity index (χ1) is 7.93. The summed E-state index contributed by atoms with van der Waals surface area (Å²) in [6.07, 6.45) is 0.395. The number of hydrogen-bond acceptors (Lipinski definition) is 5. The molecular formula is C10H16N2O4S. The maximum Gasteiger partial charge on any atom is 0.238 e. The molecule has 0 radical (unpaired) electrons. The molecule has 0 aromatic heterocycles. The lowest BCUT2D eigenvalue weighted by atomic mass is 10.1. The number of nitrogens with two attached hydrogens (primary N) is 2. The molecule has 17 heavy (non-hydrogen) atoms. The molecule has 1 aromatic rings. The van der Waals surface area contributed by atoms with Crippen molar-refractivity contribution >= 4 is 10.0 Å². The first kappa shape index (κ1) is 13.8. The maximum absolute atomic E-state index is 11.4. The van der Waals surface area contributed by atoms with Crippen molar-refractivity contribution in [2.45, 2.75) is 11.3 Å². The summed E-state index contributed by atoms with van der Waals surface area (Å²) in [5, 5.41) is 5.14. The van der Waals surface area contributed by atoms with Gasteiger partial charge in [0.15, 0.2) is 11.5 Å². The van der Waals surface area contributed by atoms with Crippen molar-refractivity contribution in [2.75, 3.05) is 20.8 Å². The van der Waals surface area contributed by atoms with E-state index in [1.54, 1.807) is 6.07 Å². The fourth-order valence-electron chi connectivity index (χ4n) is 1.52. The first-order valence-corrected chi connectivity index (χ1v) is 6.46. The summed E-state index contributed by atoms with van der Waals surface area (Å²) in [5.74, 6) is 0.764. The van der Waals surface area contributed by atoms with Gasteiger partial charge in [-0.1, -0.05) is 0 Å². The Morgan fingerprint density at radius 3 is 2.12 bits per heavy atom. The average Bonchev–Trinajstić information content (AvgIpc) is 2.27. The predicted octanol–water partition coefficient (Wildman–Crippen LogP) is -0.148. The maximum atomic E-state index is 11.4. The highest BCUT2D eigenvalue weighted by molar-refractivity contribution is 7.89. The van der Waals surface area contributed by atoms with Gasteiger partial charge >= 0.3 is 0 Å². The Labute approximate surface area is 101 Å². The summed E-state index contributed by atoms with van der Waals surface area (Å²) in [7, 11) is -0.907. The molecule has 96 valence electrons. The van der Waals surface area contributed by atoms with Crippen LogP contribution < -0.4 is 20.3 Å². The molecular weight excluding hydrogens is 244 g/mol. The quantitative estimate of drug-likeness (QED) is 0.766. The van der Waals surface area contributed by atoms with Gasteiger partial charge in [-0.15, -0.1) is 0 Å². The highest BCUT2D eigenvalue weighted by Crippen LogP contribution is 2.32. The minimum absolute atomic E-state index is 0.0144. The Kier molecular flexibility index (Phi) is 4.33. The lowest BCUT2D eigenvalue weighted by Crippen LogP contribution is -2.16. The first-order valence-electron chi connectivity index (χ1n) is 4.91. The van der Waals surface area contributed by atoms with Crippen LogP contribution in [-0.4, -0.2) is 29.2 Å². The number of benzene rings is 1. The van der Waals surface area contributed by atoms with Crippen LogP contribution in [0.3, 0.4) is 0 Å². The van der Waals surface area contributed by atoms with Crippen molar-refractivity contribution in [1.82, 2.24) is 0 Å². The van der Waals surface area contributed by atoms with Gasteiger partial charge in [0.25, 0.3) is 0 Å². The zero-order chi connectivity index (χ0) is 13.1. The molecule has 1 rings (SSSR count). The molecule has 1 aromatic carbocycles. The fraction of sp³-hybridized carbons (Fsp3) is 0.400. The molecule has 0 saturated carbocycles. The van der Waals surface area contributed by atoms with E-state index in [-0.39, 0.29) is 4.90 Å². The second-order valence-electron chi connectivity index (χ2n) is 3.40. The van der Waals surface area contributed by atoms with E-state index in [9.17, 15) is 8.42 Å². The molecule has 0 amide bonds. The monoisotopic (exact) mass is 260 g/mol. The molecule has 7 heteroatoms. The standard InChI is InChI=1S/C10H16N2O4S/c1-15-8-5-7(3-4-11)10(17(12,13)14)6-9(8)16-2/h5-6H,3-4,11H2,1-2H3,(H2,12,13,14). The molecule has 4 N–H and O–H groups in total. The molecule has 0 spiro atoms. The van der Waals surface area contributed by atoms with Crippen molar-refractivity contribution in [1.29, 1.82) is 0 Å². The SMILES string of the molecule is COc1cc(CCN)c(S(N)(=O)=O)cc1OC. The van der Waals surface area contributed by atoms with Gasteiger partial charge in [0.1, 0.15) is 0 Å². The number of ether oxygens (including phenoxy) is 2. The van der Waals surface area contributed by atoms with Gasteiger partial charge in [0.2, 0.25) is 10.0 Å². The van der Waals surface area contributed by atoms with Gasteiger partial charge < -0.3 is 15.2 Å². The summed E-state index contributed by atoms with van der Waals surface area (Å²) >= 11 is 0. The number of rotatable bonds is 5. The third-order valence-corrected chi connectivity index (χ3v) is 3.28. The molecule has 0 aliphatic heterocycles. The second kappa shape index (κ2) is 5.35. The number of methoxy groups -OCH3 is 2. The molecule has 0 saturated heterocycles. The van der Waals surface area contributed by atoms with Crippen molar-refractivity contribution in [3.05, 3.63) is 17.7 Å². The van der Waals surface area contributed by atoms with Crippen molar-refractivity contribution in [2.24, 2.45) is 10.9 Å². The van der Waals surface area contributed by atoms with E-state index < -0.39 is 10.0 Å². The zero-order valence-corrected chi connectivity index (χ0v) is 10.6. The number of primary sulfonamides is 1. The van der Waals surface area contributed by atoms with E-state index in [0.29, 0.717) is 30.0 Å². The molecule has 0 bridgehead atoms. The Hall–Kier alpha value is -1.31. The molecule has 0 aliphatic carbocycles. The Balaban J connectivity index is 3.46. The molecule has 0 aliphatic rings. The lowest BCUT2D eigenvalue weighted by molar-refractivity contribution is 0.353. The summed E-state index contributed by atoms with van der Waals surface area (Å²) in [6, 6.07) is 2.92. The zero-order valence-electron chi connectivity index (χ0n) is 9.76. The van der Waals surface area contributed by atoms with E-state index in [4.69, 9.17) is 20.3 Å². The van der Waals surface area contributed by atoms with Crippen LogP contribution in [0.4, 0.5) is 0 Å². The van der Waals surface area contributed by atoms with Crippen LogP contribution >= 0.6 is 0 Å². The normalized spacial score (nSPS) is 11.3. The molecule has 6 nitrogen and oxygen atoms in total. The van der Waals surface area contributed by atoms with E-state index in [2.05, 4.69) is 0 Å². The van der Waals surface area contributed by atoms with Crippen LogP contribution in [0.5, 0.6) is 11.5 Å². The average molecular weight is 260 g/mol. The molecule has 0 fully saturated rings. The summed E-state index contributed by atoms with van der Waals surface area (Å²) in [6.45, 7) is 0.317. The van der Waals surface area contributed by atoms with Gasteiger partial charge in [0, 0.05) is 6.07 Å². The van der Waals surface area contributed by atoms with Crippen LogP contribution in [0.1, 0.15) is 5.56 Å². The number of hydrogen-bond donors (Lipinski definition) is 2. The van der Waals surface area contributed by atoms with Gasteiger partial charge in [-0.25, -0.2) is 13.6 Å². The molecule has 0 heterocycles. The van der Waals surface area contributed by atoms with Crippen molar-refractivity contribution in [3.8, 4) is 11.5 Å². The van der Waals surface area contributed by atoms with Crippen LogP contribution in [-0.2, 0) is 16.4 Å². The summed E-state index contributed by atoms with van der Waals surface area (Å²) in [4.78, 5) is 0.0144. The molecule has 0 atom stereocenters. The summed E-state index contributed by atoms with van der Waals surface area (Å²) < 4.78 is 33.0. The Bertz CT molecular complexity index is 499. The fourth-order valence-corrected chi connectivity index (χ4v) is 2.32. The van der Waals surface area contributed by atoms with E-state index in [1.807, 2.05) is 0 Å². The minimum Gasteiger partial charge on any atom is -0.493 e. The van der Waals surface area contributed by atoms with Crippen LogP contribution in [0.2, 0.25) is 0 Å². The highest BCUT2D eigenvalue weighted by atomic mass is 32.2. The van der Waals surface area contributed by atoms with Gasteiger partial charge in [-0.3, -0.25) is 0 Å². The minimum atomic E-state index is -3.80. The Morgan fingerprint density at radius 1 is 1.18 bits per heavy atom. The highest BCUT2D eigenvalue weighted by Gasteiger charge is 2.18. The van der Waals surface area contributed by atoms with Crippen LogP contribution in [0.25, 0.3) is 0 Å². The van der Waals surface area contributed by atoms with Crippen LogP contribution in [0, 0.1) is 0 Å². The van der Waals surface area contributed by atoms with Crippen molar-refractivity contribution in [3.63, 3.8) is 0 Å². The topological polar surface area (TPSA) is 105 Å². The largest absolute Gasteiger partial charge is 0.493 e. The third kappa shape index (κ3) is 3.09. The smallest absolute Gasteiger partial charge is 0.238 e. The molecule has 0 unspecified atom stereocenters. The van der Waals surface area contributed by atoms with E-state index >= 15 is 0 Å².